The molecule has 62 valence electrons. The van der Waals surface area contributed by atoms with Crippen LogP contribution in [-0.4, -0.2) is 4.98 Å². The maximum Gasteiger partial charge on any atom is 0.0937 e. The number of rotatable bonds is 1. The minimum atomic E-state index is -0.478. The third-order valence-electron chi connectivity index (χ3n) is 1.83. The maximum atomic E-state index is 8.83. The van der Waals surface area contributed by atoms with Gasteiger partial charge in [0.25, 0.3) is 0 Å². The van der Waals surface area contributed by atoms with E-state index in [1.54, 1.807) is 6.20 Å². The van der Waals surface area contributed by atoms with Crippen molar-refractivity contribution < 1.29 is 0 Å². The quantitative estimate of drug-likeness (QED) is 0.631. The fourth-order valence-electron chi connectivity index (χ4n) is 0.895. The van der Waals surface area contributed by atoms with Crippen molar-refractivity contribution in [1.29, 1.82) is 5.26 Å². The van der Waals surface area contributed by atoms with Crippen molar-refractivity contribution in [3.63, 3.8) is 0 Å². The van der Waals surface area contributed by atoms with E-state index in [2.05, 4.69) is 11.1 Å². The summed E-state index contributed by atoms with van der Waals surface area (Å²) in [5, 5.41) is 8.83. The topological polar surface area (TPSA) is 36.7 Å². The third kappa shape index (κ3) is 1.62. The number of aromatic nitrogens is 1. The second-order valence-corrected chi connectivity index (χ2v) is 3.46. The summed E-state index contributed by atoms with van der Waals surface area (Å²) < 4.78 is 0. The fraction of sp³-hybridized carbons (Fsp3) is 0.400. The van der Waals surface area contributed by atoms with E-state index in [-0.39, 0.29) is 0 Å². The van der Waals surface area contributed by atoms with Crippen LogP contribution in [0.5, 0.6) is 0 Å². The molecule has 1 heterocycles. The van der Waals surface area contributed by atoms with Gasteiger partial charge in [0.2, 0.25) is 0 Å². The molecule has 0 aliphatic rings. The highest BCUT2D eigenvalue weighted by molar-refractivity contribution is 5.24. The van der Waals surface area contributed by atoms with Crippen molar-refractivity contribution in [3.05, 3.63) is 29.6 Å². The first-order chi connectivity index (χ1) is 5.56. The first-order valence-electron chi connectivity index (χ1n) is 3.90. The molecule has 0 spiro atoms. The minimum absolute atomic E-state index is 0.478. The second-order valence-electron chi connectivity index (χ2n) is 3.46. The molecule has 2 heteroatoms. The van der Waals surface area contributed by atoms with E-state index in [9.17, 15) is 0 Å². The van der Waals surface area contributed by atoms with Gasteiger partial charge in [-0.15, -0.1) is 0 Å². The summed E-state index contributed by atoms with van der Waals surface area (Å²) in [6.07, 6.45) is 1.79. The molecule has 1 aromatic heterocycles. The molecule has 0 bridgehead atoms. The van der Waals surface area contributed by atoms with E-state index >= 15 is 0 Å². The molecule has 0 aliphatic heterocycles. The van der Waals surface area contributed by atoms with Gasteiger partial charge in [0, 0.05) is 6.20 Å². The molecular weight excluding hydrogens is 148 g/mol. The SMILES string of the molecule is Cc1ccc(C(C)(C)C#N)nc1. The molecule has 1 aromatic rings. The van der Waals surface area contributed by atoms with Crippen LogP contribution in [-0.2, 0) is 5.41 Å². The molecule has 0 amide bonds. The van der Waals surface area contributed by atoms with E-state index in [1.165, 1.54) is 0 Å². The van der Waals surface area contributed by atoms with Gasteiger partial charge >= 0.3 is 0 Å². The molecule has 0 aliphatic carbocycles. The third-order valence-corrected chi connectivity index (χ3v) is 1.83. The number of aryl methyl sites for hydroxylation is 1. The molecule has 0 unspecified atom stereocenters. The fourth-order valence-corrected chi connectivity index (χ4v) is 0.895. The molecule has 0 saturated heterocycles. The summed E-state index contributed by atoms with van der Waals surface area (Å²) in [5.74, 6) is 0. The standard InChI is InChI=1S/C10H12N2/c1-8-4-5-9(12-6-8)10(2,3)7-11/h4-6H,1-3H3. The Morgan fingerprint density at radius 2 is 2.08 bits per heavy atom. The Kier molecular flexibility index (Phi) is 2.14. The number of nitrogens with zero attached hydrogens (tertiary/aromatic N) is 2. The van der Waals surface area contributed by atoms with Gasteiger partial charge in [-0.3, -0.25) is 4.98 Å². The molecule has 0 aromatic carbocycles. The van der Waals surface area contributed by atoms with Crippen molar-refractivity contribution in [3.8, 4) is 6.07 Å². The normalized spacial score (nSPS) is 10.8. The molecule has 0 fully saturated rings. The summed E-state index contributed by atoms with van der Waals surface area (Å²) >= 11 is 0. The lowest BCUT2D eigenvalue weighted by molar-refractivity contribution is 0.659. The Morgan fingerprint density at radius 3 is 2.50 bits per heavy atom. The van der Waals surface area contributed by atoms with E-state index in [4.69, 9.17) is 5.26 Å². The van der Waals surface area contributed by atoms with E-state index < -0.39 is 5.41 Å². The average Bonchev–Trinajstić information content (AvgIpc) is 2.05. The van der Waals surface area contributed by atoms with Crippen LogP contribution in [0.2, 0.25) is 0 Å². The zero-order chi connectivity index (χ0) is 9.19. The van der Waals surface area contributed by atoms with Gasteiger partial charge in [0.05, 0.1) is 17.2 Å². The number of hydrogen-bond donors (Lipinski definition) is 0. The summed E-state index contributed by atoms with van der Waals surface area (Å²) in [6.45, 7) is 5.71. The van der Waals surface area contributed by atoms with Gasteiger partial charge in [-0.2, -0.15) is 5.26 Å². The molecular formula is C10H12N2. The van der Waals surface area contributed by atoms with Crippen molar-refractivity contribution in [2.75, 3.05) is 0 Å². The first-order valence-corrected chi connectivity index (χ1v) is 3.90. The Hall–Kier alpha value is -1.36. The first kappa shape index (κ1) is 8.73. The maximum absolute atomic E-state index is 8.83. The summed E-state index contributed by atoms with van der Waals surface area (Å²) in [7, 11) is 0. The lowest BCUT2D eigenvalue weighted by Crippen LogP contribution is -2.15. The molecule has 2 nitrogen and oxygen atoms in total. The Labute approximate surface area is 72.9 Å². The highest BCUT2D eigenvalue weighted by atomic mass is 14.7. The van der Waals surface area contributed by atoms with Gasteiger partial charge in [-0.05, 0) is 32.4 Å². The molecule has 0 N–H and O–H groups in total. The van der Waals surface area contributed by atoms with Crippen molar-refractivity contribution in [2.45, 2.75) is 26.2 Å². The summed E-state index contributed by atoms with van der Waals surface area (Å²) in [6, 6.07) is 6.09. The van der Waals surface area contributed by atoms with E-state index in [0.29, 0.717) is 0 Å². The molecule has 0 saturated carbocycles. The van der Waals surface area contributed by atoms with Gasteiger partial charge in [-0.25, -0.2) is 0 Å². The van der Waals surface area contributed by atoms with E-state index in [0.717, 1.165) is 11.3 Å². The summed E-state index contributed by atoms with van der Waals surface area (Å²) in [5.41, 5.74) is 1.47. The zero-order valence-corrected chi connectivity index (χ0v) is 7.63. The van der Waals surface area contributed by atoms with Crippen molar-refractivity contribution >= 4 is 0 Å². The number of hydrogen-bond acceptors (Lipinski definition) is 2. The molecule has 12 heavy (non-hydrogen) atoms. The minimum Gasteiger partial charge on any atom is -0.259 e. The molecule has 0 atom stereocenters. The van der Waals surface area contributed by atoms with Crippen molar-refractivity contribution in [1.82, 2.24) is 4.98 Å². The largest absolute Gasteiger partial charge is 0.259 e. The Morgan fingerprint density at radius 1 is 1.42 bits per heavy atom. The van der Waals surface area contributed by atoms with Gasteiger partial charge < -0.3 is 0 Å². The van der Waals surface area contributed by atoms with Crippen LogP contribution >= 0.6 is 0 Å². The van der Waals surface area contributed by atoms with Crippen LogP contribution in [0.15, 0.2) is 18.3 Å². The number of pyridine rings is 1. The van der Waals surface area contributed by atoms with Crippen LogP contribution < -0.4 is 0 Å². The highest BCUT2D eigenvalue weighted by Gasteiger charge is 2.20. The van der Waals surface area contributed by atoms with Crippen molar-refractivity contribution in [2.24, 2.45) is 0 Å². The lowest BCUT2D eigenvalue weighted by Gasteiger charge is -2.13. The van der Waals surface area contributed by atoms with E-state index in [1.807, 2.05) is 32.9 Å². The Bertz CT molecular complexity index is 304. The zero-order valence-electron chi connectivity index (χ0n) is 7.63. The van der Waals surface area contributed by atoms with Crippen LogP contribution in [0.1, 0.15) is 25.1 Å². The summed E-state index contributed by atoms with van der Waals surface area (Å²) in [4.78, 5) is 4.20. The monoisotopic (exact) mass is 160 g/mol. The van der Waals surface area contributed by atoms with Gasteiger partial charge in [0.1, 0.15) is 0 Å². The predicted octanol–water partition coefficient (Wildman–Crippen LogP) is 2.19. The second kappa shape index (κ2) is 2.94. The smallest absolute Gasteiger partial charge is 0.0937 e. The lowest BCUT2D eigenvalue weighted by atomic mass is 9.91. The molecule has 0 radical (unpaired) electrons. The van der Waals surface area contributed by atoms with Gasteiger partial charge in [0.15, 0.2) is 0 Å². The Balaban J connectivity index is 3.07. The molecule has 1 rings (SSSR count). The van der Waals surface area contributed by atoms with Crippen LogP contribution in [0.4, 0.5) is 0 Å². The number of nitriles is 1. The van der Waals surface area contributed by atoms with Crippen LogP contribution in [0.3, 0.4) is 0 Å². The van der Waals surface area contributed by atoms with Crippen LogP contribution in [0, 0.1) is 18.3 Å². The van der Waals surface area contributed by atoms with Crippen LogP contribution in [0.25, 0.3) is 0 Å². The average molecular weight is 160 g/mol. The highest BCUT2D eigenvalue weighted by Crippen LogP contribution is 2.19. The predicted molar refractivity (Wildman–Crippen MR) is 47.6 cm³/mol. The van der Waals surface area contributed by atoms with Gasteiger partial charge in [-0.1, -0.05) is 6.07 Å².